The van der Waals surface area contributed by atoms with Crippen LogP contribution >= 0.6 is 0 Å². The van der Waals surface area contributed by atoms with E-state index in [-0.39, 0.29) is 17.7 Å². The molecule has 0 aliphatic carbocycles. The molecule has 16 heavy (non-hydrogen) atoms. The van der Waals surface area contributed by atoms with Crippen LogP contribution in [0.4, 0.5) is 0 Å². The fourth-order valence-electron chi connectivity index (χ4n) is 1.48. The van der Waals surface area contributed by atoms with E-state index >= 15 is 0 Å². The van der Waals surface area contributed by atoms with Crippen molar-refractivity contribution in [1.29, 1.82) is 0 Å². The van der Waals surface area contributed by atoms with Crippen molar-refractivity contribution in [2.45, 2.75) is 46.5 Å². The third-order valence-electron chi connectivity index (χ3n) is 2.70. The van der Waals surface area contributed by atoms with Crippen molar-refractivity contribution in [2.75, 3.05) is 6.54 Å². The van der Waals surface area contributed by atoms with Crippen molar-refractivity contribution in [2.24, 2.45) is 11.8 Å². The molecular weight excluding hydrogens is 206 g/mol. The normalized spacial score (nSPS) is 14.2. The van der Waals surface area contributed by atoms with E-state index in [1.54, 1.807) is 6.92 Å². The van der Waals surface area contributed by atoms with E-state index in [4.69, 9.17) is 5.11 Å². The molecule has 4 heteroatoms. The van der Waals surface area contributed by atoms with Crippen molar-refractivity contribution < 1.29 is 14.7 Å². The topological polar surface area (TPSA) is 66.4 Å². The van der Waals surface area contributed by atoms with Gasteiger partial charge in [-0.2, -0.15) is 0 Å². The first-order valence-corrected chi connectivity index (χ1v) is 5.99. The van der Waals surface area contributed by atoms with E-state index in [2.05, 4.69) is 12.2 Å². The fourth-order valence-corrected chi connectivity index (χ4v) is 1.48. The Morgan fingerprint density at radius 1 is 1.19 bits per heavy atom. The molecule has 0 heterocycles. The molecule has 0 fully saturated rings. The third-order valence-corrected chi connectivity index (χ3v) is 2.70. The Morgan fingerprint density at radius 2 is 1.81 bits per heavy atom. The molecule has 0 aliphatic heterocycles. The molecule has 2 N–H and O–H groups in total. The van der Waals surface area contributed by atoms with Gasteiger partial charge in [0.1, 0.15) is 0 Å². The Labute approximate surface area is 97.4 Å². The molecule has 94 valence electrons. The Morgan fingerprint density at radius 3 is 2.31 bits per heavy atom. The predicted octanol–water partition coefficient (Wildman–Crippen LogP) is 2.04. The average molecular weight is 229 g/mol. The summed E-state index contributed by atoms with van der Waals surface area (Å²) in [5.74, 6) is -0.970. The first-order valence-electron chi connectivity index (χ1n) is 5.99. The summed E-state index contributed by atoms with van der Waals surface area (Å²) in [4.78, 5) is 22.0. The molecule has 0 rings (SSSR count). The minimum Gasteiger partial charge on any atom is -0.481 e. The van der Waals surface area contributed by atoms with Crippen LogP contribution in [0.25, 0.3) is 0 Å². The lowest BCUT2D eigenvalue weighted by Crippen LogP contribution is -2.30. The van der Waals surface area contributed by atoms with E-state index < -0.39 is 5.97 Å². The molecule has 0 saturated carbocycles. The zero-order valence-electron chi connectivity index (χ0n) is 10.5. The molecule has 0 radical (unpaired) electrons. The highest BCUT2D eigenvalue weighted by molar-refractivity contribution is 5.78. The van der Waals surface area contributed by atoms with E-state index in [0.29, 0.717) is 13.0 Å². The van der Waals surface area contributed by atoms with Crippen LogP contribution in [-0.2, 0) is 9.59 Å². The van der Waals surface area contributed by atoms with E-state index in [1.165, 1.54) is 0 Å². The van der Waals surface area contributed by atoms with Gasteiger partial charge in [-0.05, 0) is 19.3 Å². The number of hydrogen-bond donors (Lipinski definition) is 2. The lowest BCUT2D eigenvalue weighted by Gasteiger charge is -2.11. The van der Waals surface area contributed by atoms with Crippen molar-refractivity contribution in [3.05, 3.63) is 0 Å². The lowest BCUT2D eigenvalue weighted by atomic mass is 10.0. The van der Waals surface area contributed by atoms with Gasteiger partial charge in [-0.1, -0.05) is 27.2 Å². The minimum atomic E-state index is -0.773. The Bertz CT molecular complexity index is 228. The number of carboxylic acid groups (broad SMARTS) is 1. The van der Waals surface area contributed by atoms with Crippen LogP contribution in [-0.4, -0.2) is 23.5 Å². The van der Waals surface area contributed by atoms with Gasteiger partial charge >= 0.3 is 5.97 Å². The van der Waals surface area contributed by atoms with Crippen LogP contribution in [0.2, 0.25) is 0 Å². The van der Waals surface area contributed by atoms with Gasteiger partial charge < -0.3 is 10.4 Å². The number of carboxylic acids is 1. The number of nitrogens with one attached hydrogen (secondary N) is 1. The largest absolute Gasteiger partial charge is 0.481 e. The molecule has 0 spiro atoms. The maximum absolute atomic E-state index is 11.5. The van der Waals surface area contributed by atoms with Gasteiger partial charge in [-0.25, -0.2) is 0 Å². The molecule has 0 aromatic heterocycles. The second-order valence-electron chi connectivity index (χ2n) is 4.36. The van der Waals surface area contributed by atoms with Crippen LogP contribution in [0.15, 0.2) is 0 Å². The highest BCUT2D eigenvalue weighted by Crippen LogP contribution is 2.06. The number of rotatable bonds is 8. The quantitative estimate of drug-likeness (QED) is 0.626. The molecule has 4 nitrogen and oxygen atoms in total. The Hall–Kier alpha value is -1.06. The maximum atomic E-state index is 11.5. The molecular formula is C12H23NO3. The molecule has 1 amide bonds. The van der Waals surface area contributed by atoms with Crippen LogP contribution in [0, 0.1) is 11.8 Å². The van der Waals surface area contributed by atoms with Crippen LogP contribution in [0.3, 0.4) is 0 Å². The summed E-state index contributed by atoms with van der Waals surface area (Å²) in [5, 5.41) is 11.5. The van der Waals surface area contributed by atoms with E-state index in [1.807, 2.05) is 6.92 Å². The van der Waals surface area contributed by atoms with Crippen LogP contribution in [0.1, 0.15) is 46.5 Å². The van der Waals surface area contributed by atoms with Gasteiger partial charge in [-0.3, -0.25) is 9.59 Å². The first-order chi connectivity index (χ1) is 7.49. The van der Waals surface area contributed by atoms with Gasteiger partial charge in [0.2, 0.25) is 5.91 Å². The molecule has 2 atom stereocenters. The average Bonchev–Trinajstić information content (AvgIpc) is 2.23. The SMILES string of the molecule is CCCC(C)C(=O)NCCCC(C)C(=O)O. The molecule has 0 aromatic rings. The van der Waals surface area contributed by atoms with Gasteiger partial charge in [0, 0.05) is 12.5 Å². The highest BCUT2D eigenvalue weighted by Gasteiger charge is 2.12. The van der Waals surface area contributed by atoms with E-state index in [0.717, 1.165) is 19.3 Å². The first kappa shape index (κ1) is 14.9. The molecule has 0 aliphatic rings. The number of hydrogen-bond acceptors (Lipinski definition) is 2. The van der Waals surface area contributed by atoms with Gasteiger partial charge in [0.15, 0.2) is 0 Å². The maximum Gasteiger partial charge on any atom is 0.306 e. The summed E-state index contributed by atoms with van der Waals surface area (Å²) in [6.07, 6.45) is 3.23. The van der Waals surface area contributed by atoms with Gasteiger partial charge in [0.05, 0.1) is 5.92 Å². The fraction of sp³-hybridized carbons (Fsp3) is 0.833. The summed E-state index contributed by atoms with van der Waals surface area (Å²) < 4.78 is 0. The second kappa shape index (κ2) is 8.13. The monoisotopic (exact) mass is 229 g/mol. The summed E-state index contributed by atoms with van der Waals surface area (Å²) in [6.45, 7) is 6.23. The summed E-state index contributed by atoms with van der Waals surface area (Å²) >= 11 is 0. The molecule has 2 unspecified atom stereocenters. The van der Waals surface area contributed by atoms with Crippen molar-refractivity contribution in [1.82, 2.24) is 5.32 Å². The van der Waals surface area contributed by atoms with Crippen molar-refractivity contribution in [3.63, 3.8) is 0 Å². The zero-order valence-corrected chi connectivity index (χ0v) is 10.5. The second-order valence-corrected chi connectivity index (χ2v) is 4.36. The third kappa shape index (κ3) is 6.43. The Balaban J connectivity index is 3.58. The summed E-state index contributed by atoms with van der Waals surface area (Å²) in [6, 6.07) is 0. The Kier molecular flexibility index (Phi) is 7.60. The molecule has 0 saturated heterocycles. The molecule has 0 bridgehead atoms. The van der Waals surface area contributed by atoms with Crippen LogP contribution in [0.5, 0.6) is 0 Å². The number of carbonyl (C=O) groups is 2. The number of carbonyl (C=O) groups excluding carboxylic acids is 1. The smallest absolute Gasteiger partial charge is 0.306 e. The van der Waals surface area contributed by atoms with E-state index in [9.17, 15) is 9.59 Å². The highest BCUT2D eigenvalue weighted by atomic mass is 16.4. The van der Waals surface area contributed by atoms with Crippen molar-refractivity contribution >= 4 is 11.9 Å². The van der Waals surface area contributed by atoms with Gasteiger partial charge in [0.25, 0.3) is 0 Å². The standard InChI is InChI=1S/C12H23NO3/c1-4-6-9(2)11(14)13-8-5-7-10(3)12(15)16/h9-10H,4-8H2,1-3H3,(H,13,14)(H,15,16). The molecule has 0 aromatic carbocycles. The van der Waals surface area contributed by atoms with Crippen molar-refractivity contribution in [3.8, 4) is 0 Å². The zero-order chi connectivity index (χ0) is 12.6. The summed E-state index contributed by atoms with van der Waals surface area (Å²) in [5.41, 5.74) is 0. The number of amides is 1. The minimum absolute atomic E-state index is 0.0573. The lowest BCUT2D eigenvalue weighted by molar-refractivity contribution is -0.141. The predicted molar refractivity (Wildman–Crippen MR) is 63.1 cm³/mol. The number of aliphatic carboxylic acids is 1. The van der Waals surface area contributed by atoms with Gasteiger partial charge in [-0.15, -0.1) is 0 Å². The van der Waals surface area contributed by atoms with Crippen LogP contribution < -0.4 is 5.32 Å². The summed E-state index contributed by atoms with van der Waals surface area (Å²) in [7, 11) is 0.